The molecule has 0 aliphatic heterocycles. The van der Waals surface area contributed by atoms with E-state index in [9.17, 15) is 19.0 Å². The van der Waals surface area contributed by atoms with Crippen molar-refractivity contribution in [3.05, 3.63) is 0 Å². The average Bonchev–Trinajstić information content (AvgIpc) is 2.97. The lowest BCUT2D eigenvalue weighted by Gasteiger charge is -2.28. The SMILES string of the molecule is CCCCCCCCCCCCCCCCC(=O)OC(COC(=O)CCCCCCCCC)COP(=O)([O-])OCC[N+](C)(C)C. The Kier molecular flexibility index (Phi) is 28.5. The number of phosphoric ester groups is 1. The summed E-state index contributed by atoms with van der Waals surface area (Å²) in [5.41, 5.74) is 0. The van der Waals surface area contributed by atoms with E-state index in [1.54, 1.807) is 0 Å². The molecule has 0 aliphatic rings. The molecule has 0 aromatic heterocycles. The molecule has 0 saturated carbocycles. The Labute approximate surface area is 276 Å². The Bertz CT molecular complexity index is 758. The molecule has 0 aromatic rings. The number of unbranched alkanes of at least 4 members (excludes halogenated alkanes) is 19. The van der Waals surface area contributed by atoms with Crippen LogP contribution in [0.2, 0.25) is 0 Å². The van der Waals surface area contributed by atoms with Gasteiger partial charge in [0.1, 0.15) is 19.8 Å². The summed E-state index contributed by atoms with van der Waals surface area (Å²) in [6.45, 7) is 4.17. The fourth-order valence-electron chi connectivity index (χ4n) is 4.95. The monoisotopic (exact) mass is 663 g/mol. The number of likely N-dealkylation sites (N-methyl/N-ethyl adjacent to an activating group) is 1. The number of hydrogen-bond acceptors (Lipinski definition) is 8. The third kappa shape index (κ3) is 32.7. The van der Waals surface area contributed by atoms with E-state index in [1.807, 2.05) is 21.1 Å². The van der Waals surface area contributed by atoms with Crippen LogP contribution in [0.1, 0.15) is 162 Å². The molecule has 0 spiro atoms. The lowest BCUT2D eigenvalue weighted by molar-refractivity contribution is -0.870. The van der Waals surface area contributed by atoms with Gasteiger partial charge in [-0.25, -0.2) is 0 Å². The van der Waals surface area contributed by atoms with Crippen molar-refractivity contribution in [1.82, 2.24) is 0 Å². The quantitative estimate of drug-likeness (QED) is 0.0297. The first-order valence-electron chi connectivity index (χ1n) is 18.2. The number of quaternary nitrogens is 1. The second-order valence-electron chi connectivity index (χ2n) is 13.6. The molecule has 9 nitrogen and oxygen atoms in total. The summed E-state index contributed by atoms with van der Waals surface area (Å²) in [7, 11) is 1.17. The van der Waals surface area contributed by atoms with E-state index in [0.29, 0.717) is 17.4 Å². The van der Waals surface area contributed by atoms with Crippen molar-refractivity contribution in [2.45, 2.75) is 168 Å². The second kappa shape index (κ2) is 29.2. The van der Waals surface area contributed by atoms with Crippen LogP contribution in [0.4, 0.5) is 0 Å². The van der Waals surface area contributed by atoms with Gasteiger partial charge in [-0.15, -0.1) is 0 Å². The Morgan fingerprint density at radius 1 is 0.600 bits per heavy atom. The molecular formula is C35H70NO8P. The van der Waals surface area contributed by atoms with E-state index in [1.165, 1.54) is 96.3 Å². The molecule has 0 amide bonds. The highest BCUT2D eigenvalue weighted by molar-refractivity contribution is 7.45. The average molecular weight is 664 g/mol. The molecule has 0 aromatic carbocycles. The van der Waals surface area contributed by atoms with Gasteiger partial charge in [0.05, 0.1) is 27.7 Å². The van der Waals surface area contributed by atoms with Crippen LogP contribution in [0, 0.1) is 0 Å². The maximum absolute atomic E-state index is 12.5. The summed E-state index contributed by atoms with van der Waals surface area (Å²) < 4.78 is 33.6. The standard InChI is InChI=1S/C35H70NO8P/c1-6-8-10-12-14-15-16-17-18-19-20-22-24-26-28-35(38)44-33(32-43-45(39,40)42-30-29-36(3,4)5)31-41-34(37)27-25-23-21-13-11-9-7-2/h33H,6-32H2,1-5H3. The van der Waals surface area contributed by atoms with Crippen LogP contribution < -0.4 is 4.89 Å². The molecule has 0 fully saturated rings. The van der Waals surface area contributed by atoms with Crippen LogP contribution in [0.5, 0.6) is 0 Å². The van der Waals surface area contributed by atoms with Crippen molar-refractivity contribution in [3.63, 3.8) is 0 Å². The van der Waals surface area contributed by atoms with Gasteiger partial charge in [0, 0.05) is 12.8 Å². The molecule has 2 unspecified atom stereocenters. The molecule has 45 heavy (non-hydrogen) atoms. The Morgan fingerprint density at radius 3 is 1.42 bits per heavy atom. The van der Waals surface area contributed by atoms with Crippen LogP contribution in [-0.4, -0.2) is 70.0 Å². The summed E-state index contributed by atoms with van der Waals surface area (Å²) in [6, 6.07) is 0. The lowest BCUT2D eigenvalue weighted by atomic mass is 10.0. The molecule has 268 valence electrons. The van der Waals surface area contributed by atoms with E-state index < -0.39 is 26.5 Å². The highest BCUT2D eigenvalue weighted by Crippen LogP contribution is 2.38. The molecular weight excluding hydrogens is 593 g/mol. The van der Waals surface area contributed by atoms with Crippen molar-refractivity contribution in [2.75, 3.05) is 47.5 Å². The Morgan fingerprint density at radius 2 is 1.00 bits per heavy atom. The number of nitrogens with zero attached hydrogens (tertiary/aromatic N) is 1. The van der Waals surface area contributed by atoms with E-state index >= 15 is 0 Å². The highest BCUT2D eigenvalue weighted by Gasteiger charge is 2.21. The van der Waals surface area contributed by atoms with Crippen LogP contribution >= 0.6 is 7.82 Å². The zero-order chi connectivity index (χ0) is 33.7. The van der Waals surface area contributed by atoms with Crippen molar-refractivity contribution in [1.29, 1.82) is 0 Å². The first kappa shape index (κ1) is 44.0. The maximum atomic E-state index is 12.5. The van der Waals surface area contributed by atoms with E-state index in [4.69, 9.17) is 18.5 Å². The van der Waals surface area contributed by atoms with Gasteiger partial charge in [-0.2, -0.15) is 0 Å². The van der Waals surface area contributed by atoms with Gasteiger partial charge in [-0.05, 0) is 12.8 Å². The van der Waals surface area contributed by atoms with Crippen LogP contribution in [0.25, 0.3) is 0 Å². The highest BCUT2D eigenvalue weighted by atomic mass is 31.2. The number of ether oxygens (including phenoxy) is 2. The summed E-state index contributed by atoms with van der Waals surface area (Å²) >= 11 is 0. The minimum Gasteiger partial charge on any atom is -0.756 e. The molecule has 2 atom stereocenters. The van der Waals surface area contributed by atoms with E-state index in [2.05, 4.69) is 13.8 Å². The zero-order valence-corrected chi connectivity index (χ0v) is 30.7. The van der Waals surface area contributed by atoms with Crippen LogP contribution in [0.3, 0.4) is 0 Å². The van der Waals surface area contributed by atoms with Crippen molar-refractivity contribution in [2.24, 2.45) is 0 Å². The normalized spacial score (nSPS) is 13.8. The van der Waals surface area contributed by atoms with Gasteiger partial charge in [-0.3, -0.25) is 14.2 Å². The molecule has 0 radical (unpaired) electrons. The van der Waals surface area contributed by atoms with Gasteiger partial charge >= 0.3 is 11.9 Å². The van der Waals surface area contributed by atoms with Gasteiger partial charge < -0.3 is 27.9 Å². The number of hydrogen-bond donors (Lipinski definition) is 0. The molecule has 0 saturated heterocycles. The first-order chi connectivity index (χ1) is 21.5. The summed E-state index contributed by atoms with van der Waals surface area (Å²) in [5.74, 6) is -0.835. The largest absolute Gasteiger partial charge is 0.756 e. The van der Waals surface area contributed by atoms with E-state index in [0.717, 1.165) is 32.1 Å². The lowest BCUT2D eigenvalue weighted by Crippen LogP contribution is -2.37. The predicted octanol–water partition coefficient (Wildman–Crippen LogP) is 8.66. The number of carbonyl (C=O) groups is 2. The van der Waals surface area contributed by atoms with Crippen LogP contribution in [-0.2, 0) is 32.7 Å². The number of rotatable bonds is 33. The van der Waals surface area contributed by atoms with Crippen LogP contribution in [0.15, 0.2) is 0 Å². The Balaban J connectivity index is 4.39. The fourth-order valence-corrected chi connectivity index (χ4v) is 5.68. The van der Waals surface area contributed by atoms with Gasteiger partial charge in [-0.1, -0.05) is 136 Å². The first-order valence-corrected chi connectivity index (χ1v) is 19.7. The minimum atomic E-state index is -4.60. The third-order valence-electron chi connectivity index (χ3n) is 7.88. The zero-order valence-electron chi connectivity index (χ0n) is 29.8. The molecule has 10 heteroatoms. The Hall–Kier alpha value is -0.990. The van der Waals surface area contributed by atoms with E-state index in [-0.39, 0.29) is 32.0 Å². The molecule has 0 aliphatic carbocycles. The van der Waals surface area contributed by atoms with Crippen molar-refractivity contribution >= 4 is 19.8 Å². The molecule has 0 heterocycles. The summed E-state index contributed by atoms with van der Waals surface area (Å²) in [4.78, 5) is 37.1. The number of esters is 2. The second-order valence-corrected chi connectivity index (χ2v) is 15.0. The molecule has 0 bridgehead atoms. The predicted molar refractivity (Wildman–Crippen MR) is 181 cm³/mol. The van der Waals surface area contributed by atoms with Gasteiger partial charge in [0.15, 0.2) is 6.10 Å². The minimum absolute atomic E-state index is 0.0265. The van der Waals surface area contributed by atoms with Gasteiger partial charge in [0.2, 0.25) is 0 Å². The third-order valence-corrected chi connectivity index (χ3v) is 8.84. The van der Waals surface area contributed by atoms with Crippen molar-refractivity contribution in [3.8, 4) is 0 Å². The van der Waals surface area contributed by atoms with Crippen molar-refractivity contribution < 1.29 is 42.1 Å². The molecule has 0 rings (SSSR count). The summed E-state index contributed by atoms with van der Waals surface area (Å²) in [6.07, 6.45) is 24.3. The molecule has 0 N–H and O–H groups in total. The topological polar surface area (TPSA) is 111 Å². The summed E-state index contributed by atoms with van der Waals surface area (Å²) in [5, 5.41) is 0. The fraction of sp³-hybridized carbons (Fsp3) is 0.943. The smallest absolute Gasteiger partial charge is 0.306 e. The number of carbonyl (C=O) groups excluding carboxylic acids is 2. The number of phosphoric acid groups is 1. The van der Waals surface area contributed by atoms with Gasteiger partial charge in [0.25, 0.3) is 7.82 Å². The maximum Gasteiger partial charge on any atom is 0.306 e.